The maximum absolute atomic E-state index is 12.6. The van der Waals surface area contributed by atoms with Crippen LogP contribution in [0, 0.1) is 11.3 Å². The third-order valence-electron chi connectivity index (χ3n) is 15.2. The zero-order chi connectivity index (χ0) is 50.5. The van der Waals surface area contributed by atoms with Crippen LogP contribution >= 0.6 is 0 Å². The molecule has 0 unspecified atom stereocenters. The number of nitriles is 1. The molecular formula is C73H47N3. The fourth-order valence-corrected chi connectivity index (χ4v) is 11.7. The van der Waals surface area contributed by atoms with Crippen LogP contribution in [0.4, 0.5) is 0 Å². The first-order valence-corrected chi connectivity index (χ1v) is 25.9. The normalized spacial score (nSPS) is 11.4. The summed E-state index contributed by atoms with van der Waals surface area (Å²) in [5, 5.41) is 17.0. The molecule has 0 saturated carbocycles. The molecule has 0 bridgehead atoms. The molecule has 12 aromatic carbocycles. The quantitative estimate of drug-likeness (QED) is 0.142. The lowest BCUT2D eigenvalue weighted by Gasteiger charge is -2.28. The molecule has 0 spiro atoms. The number of fused-ring (bicyclic) bond motifs is 6. The van der Waals surface area contributed by atoms with E-state index >= 15 is 0 Å². The summed E-state index contributed by atoms with van der Waals surface area (Å²) in [5.74, 6) is 0. The van der Waals surface area contributed by atoms with Gasteiger partial charge in [0.15, 0.2) is 0 Å². The first-order valence-electron chi connectivity index (χ1n) is 25.9. The van der Waals surface area contributed by atoms with Gasteiger partial charge in [0, 0.05) is 38.2 Å². The summed E-state index contributed by atoms with van der Waals surface area (Å²) in [6.45, 7) is 0. The van der Waals surface area contributed by atoms with Crippen molar-refractivity contribution in [1.29, 1.82) is 5.26 Å². The van der Waals surface area contributed by atoms with Gasteiger partial charge in [-0.2, -0.15) is 5.26 Å². The van der Waals surface area contributed by atoms with E-state index in [1.54, 1.807) is 0 Å². The molecule has 0 amide bonds. The van der Waals surface area contributed by atoms with E-state index in [2.05, 4.69) is 300 Å². The largest absolute Gasteiger partial charge is 0.307 e. The minimum atomic E-state index is 0.563. The Morgan fingerprint density at radius 2 is 0.447 bits per heavy atom. The van der Waals surface area contributed by atoms with Gasteiger partial charge in [-0.1, -0.05) is 237 Å². The molecule has 354 valence electrons. The molecule has 0 aliphatic rings. The van der Waals surface area contributed by atoms with E-state index in [-0.39, 0.29) is 0 Å². The van der Waals surface area contributed by atoms with E-state index < -0.39 is 0 Å². The van der Waals surface area contributed by atoms with Gasteiger partial charge in [-0.3, -0.25) is 0 Å². The Morgan fingerprint density at radius 3 is 0.684 bits per heavy atom. The third-order valence-corrected chi connectivity index (χ3v) is 15.2. The summed E-state index contributed by atoms with van der Waals surface area (Å²) >= 11 is 0. The van der Waals surface area contributed by atoms with Crippen LogP contribution in [0.1, 0.15) is 5.56 Å². The van der Waals surface area contributed by atoms with Crippen molar-refractivity contribution in [2.24, 2.45) is 0 Å². The molecule has 14 rings (SSSR count). The van der Waals surface area contributed by atoms with Crippen LogP contribution in [0.15, 0.2) is 285 Å². The minimum Gasteiger partial charge on any atom is -0.307 e. The fourth-order valence-electron chi connectivity index (χ4n) is 11.7. The first kappa shape index (κ1) is 44.4. The van der Waals surface area contributed by atoms with Gasteiger partial charge in [-0.25, -0.2) is 0 Å². The van der Waals surface area contributed by atoms with Crippen molar-refractivity contribution in [3.05, 3.63) is 291 Å². The molecule has 0 atom stereocenters. The number of hydrogen-bond acceptors (Lipinski definition) is 1. The predicted molar refractivity (Wildman–Crippen MR) is 318 cm³/mol. The zero-order valence-electron chi connectivity index (χ0n) is 41.5. The second-order valence-electron chi connectivity index (χ2n) is 19.5. The highest BCUT2D eigenvalue weighted by molar-refractivity contribution is 6.16. The number of aromatic nitrogens is 2. The number of rotatable bonds is 9. The summed E-state index contributed by atoms with van der Waals surface area (Å²) in [6, 6.07) is 105. The molecule has 2 aromatic heterocycles. The third kappa shape index (κ3) is 7.43. The predicted octanol–water partition coefficient (Wildman–Crippen LogP) is 19.4. The van der Waals surface area contributed by atoms with Gasteiger partial charge in [0.2, 0.25) is 0 Å². The van der Waals surface area contributed by atoms with Crippen LogP contribution in [0.2, 0.25) is 0 Å². The lowest BCUT2D eigenvalue weighted by Crippen LogP contribution is -2.11. The van der Waals surface area contributed by atoms with Crippen molar-refractivity contribution in [2.75, 3.05) is 0 Å². The van der Waals surface area contributed by atoms with Gasteiger partial charge in [0.05, 0.1) is 33.4 Å². The molecule has 0 aliphatic carbocycles. The van der Waals surface area contributed by atoms with Crippen molar-refractivity contribution < 1.29 is 0 Å². The maximum Gasteiger partial charge on any atom is 0.104 e. The first-order chi connectivity index (χ1) is 37.7. The van der Waals surface area contributed by atoms with Crippen molar-refractivity contribution in [3.63, 3.8) is 0 Å². The molecule has 14 aromatic rings. The van der Waals surface area contributed by atoms with E-state index in [4.69, 9.17) is 0 Å². The van der Waals surface area contributed by atoms with E-state index in [0.29, 0.717) is 5.56 Å². The van der Waals surface area contributed by atoms with Crippen LogP contribution in [0.5, 0.6) is 0 Å². The lowest BCUT2D eigenvalue weighted by atomic mass is 9.82. The van der Waals surface area contributed by atoms with E-state index in [0.717, 1.165) is 133 Å². The fraction of sp³-hybridized carbons (Fsp3) is 0. The van der Waals surface area contributed by atoms with Crippen molar-refractivity contribution in [2.45, 2.75) is 0 Å². The Labute approximate surface area is 441 Å². The Hall–Kier alpha value is -10.3. The average molecular weight is 966 g/mol. The molecule has 0 radical (unpaired) electrons. The second kappa shape index (κ2) is 18.6. The van der Waals surface area contributed by atoms with Gasteiger partial charge in [-0.05, 0) is 110 Å². The molecule has 0 saturated heterocycles. The highest BCUT2D eigenvalue weighted by atomic mass is 15.0. The smallest absolute Gasteiger partial charge is 0.104 e. The molecule has 2 heterocycles. The Balaban J connectivity index is 1.20. The van der Waals surface area contributed by atoms with Crippen molar-refractivity contribution in [3.8, 4) is 95.3 Å². The summed E-state index contributed by atoms with van der Waals surface area (Å²) in [5.41, 5.74) is 21.4. The van der Waals surface area contributed by atoms with Crippen LogP contribution < -0.4 is 0 Å². The lowest BCUT2D eigenvalue weighted by molar-refractivity contribution is 1.12. The SMILES string of the molecule is N#Cc1c(-n2c3ccc(-c4ccccc4)cc3c3cc(-c4ccccc4)ccc32)c(-c2ccccc2)c(-c2ccccc2)c(-c2ccccc2)c1-n1c2ccc(-c3ccccc3)cc2c2cc(-c3ccccc3)ccc21. The van der Waals surface area contributed by atoms with Crippen LogP contribution in [-0.2, 0) is 0 Å². The Bertz CT molecular complexity index is 4060. The van der Waals surface area contributed by atoms with Crippen molar-refractivity contribution in [1.82, 2.24) is 9.13 Å². The average Bonchev–Trinajstić information content (AvgIpc) is 4.19. The van der Waals surface area contributed by atoms with Crippen molar-refractivity contribution >= 4 is 43.6 Å². The molecule has 0 N–H and O–H groups in total. The highest BCUT2D eigenvalue weighted by Crippen LogP contribution is 2.53. The minimum absolute atomic E-state index is 0.563. The Morgan fingerprint density at radius 1 is 0.224 bits per heavy atom. The summed E-state index contributed by atoms with van der Waals surface area (Å²) in [7, 11) is 0. The monoisotopic (exact) mass is 965 g/mol. The van der Waals surface area contributed by atoms with Gasteiger partial charge in [0.25, 0.3) is 0 Å². The second-order valence-corrected chi connectivity index (χ2v) is 19.5. The van der Waals surface area contributed by atoms with Crippen LogP contribution in [0.3, 0.4) is 0 Å². The molecular weight excluding hydrogens is 919 g/mol. The van der Waals surface area contributed by atoms with Gasteiger partial charge in [-0.15, -0.1) is 0 Å². The van der Waals surface area contributed by atoms with E-state index in [1.807, 2.05) is 0 Å². The van der Waals surface area contributed by atoms with Crippen LogP contribution in [0.25, 0.3) is 133 Å². The molecule has 76 heavy (non-hydrogen) atoms. The summed E-state index contributed by atoms with van der Waals surface area (Å²) in [6.07, 6.45) is 0. The van der Waals surface area contributed by atoms with E-state index in [1.165, 1.54) is 0 Å². The molecule has 3 heteroatoms. The standard InChI is InChI=1S/C73H47N3/c74-48-64-72(75-65-40-36-56(49-22-8-1-9-23-49)44-60(65)61-45-57(37-41-66(61)75)50-24-10-2-11-25-50)70(54-32-18-6-19-33-54)69(53-30-16-5-17-31-53)71(55-34-20-7-21-35-55)73(64)76-67-42-38-58(51-26-12-3-13-27-51)46-62(67)63-47-59(39-43-68(63)76)52-28-14-4-15-29-52/h1-47H. The van der Waals surface area contributed by atoms with Gasteiger partial charge >= 0.3 is 0 Å². The zero-order valence-corrected chi connectivity index (χ0v) is 41.5. The van der Waals surface area contributed by atoms with E-state index in [9.17, 15) is 5.26 Å². The number of benzene rings is 12. The number of hydrogen-bond donors (Lipinski definition) is 0. The summed E-state index contributed by atoms with van der Waals surface area (Å²) in [4.78, 5) is 0. The summed E-state index contributed by atoms with van der Waals surface area (Å²) < 4.78 is 4.80. The van der Waals surface area contributed by atoms with Gasteiger partial charge < -0.3 is 9.13 Å². The molecule has 0 aliphatic heterocycles. The Kier molecular flexibility index (Phi) is 10.9. The maximum atomic E-state index is 12.6. The van der Waals surface area contributed by atoms with Crippen LogP contribution in [-0.4, -0.2) is 9.13 Å². The highest BCUT2D eigenvalue weighted by Gasteiger charge is 2.32. The molecule has 3 nitrogen and oxygen atoms in total. The van der Waals surface area contributed by atoms with Gasteiger partial charge in [0.1, 0.15) is 11.6 Å². The number of nitrogens with zero attached hydrogens (tertiary/aromatic N) is 3. The topological polar surface area (TPSA) is 33.6 Å². The molecule has 0 fully saturated rings.